The summed E-state index contributed by atoms with van der Waals surface area (Å²) in [6.45, 7) is 3.94. The summed E-state index contributed by atoms with van der Waals surface area (Å²) in [6, 6.07) is 6.22. The fraction of sp³-hybridized carbons (Fsp3) is 0.438. The third kappa shape index (κ3) is 4.70. The zero-order valence-electron chi connectivity index (χ0n) is 13.1. The Kier molecular flexibility index (Phi) is 5.56. The Morgan fingerprint density at radius 3 is 2.61 bits per heavy atom. The second kappa shape index (κ2) is 7.62. The van der Waals surface area contributed by atoms with Crippen LogP contribution in [-0.2, 0) is 19.1 Å². The predicted molar refractivity (Wildman–Crippen MR) is 83.0 cm³/mol. The highest BCUT2D eigenvalue weighted by atomic mass is 16.5. The van der Waals surface area contributed by atoms with Gasteiger partial charge in [0.2, 0.25) is 5.91 Å². The molecule has 124 valence electrons. The lowest BCUT2D eigenvalue weighted by Crippen LogP contribution is -2.39. The summed E-state index contributed by atoms with van der Waals surface area (Å²) in [7, 11) is 0. The van der Waals surface area contributed by atoms with Crippen LogP contribution in [0, 0.1) is 0 Å². The standard InChI is InChI=1S/C16H20N2O5/c1-3-22-12-6-4-11(5-7-12)17-15(20)10(2)23-16(21)13-8-9-14(19)18-13/h4-7,10,13H,3,8-9H2,1-2H3,(H,17,20)(H,18,19)/t10-,13-/m0/s1. The number of rotatable bonds is 6. The Labute approximate surface area is 134 Å². The molecule has 1 aromatic carbocycles. The molecule has 7 nitrogen and oxygen atoms in total. The minimum atomic E-state index is -0.952. The number of carbonyl (C=O) groups excluding carboxylic acids is 3. The van der Waals surface area contributed by atoms with Crippen molar-refractivity contribution < 1.29 is 23.9 Å². The van der Waals surface area contributed by atoms with Crippen molar-refractivity contribution >= 4 is 23.5 Å². The third-order valence-electron chi connectivity index (χ3n) is 3.37. The molecule has 0 spiro atoms. The van der Waals surface area contributed by atoms with Gasteiger partial charge in [-0.05, 0) is 44.5 Å². The molecule has 2 rings (SSSR count). The average Bonchev–Trinajstić information content (AvgIpc) is 2.96. The second-order valence-electron chi connectivity index (χ2n) is 5.18. The molecule has 0 radical (unpaired) electrons. The van der Waals surface area contributed by atoms with Crippen molar-refractivity contribution in [3.8, 4) is 5.75 Å². The number of benzene rings is 1. The molecular formula is C16H20N2O5. The maximum absolute atomic E-state index is 12.0. The minimum Gasteiger partial charge on any atom is -0.494 e. The first-order chi connectivity index (χ1) is 11.0. The number of esters is 1. The van der Waals surface area contributed by atoms with E-state index < -0.39 is 24.0 Å². The van der Waals surface area contributed by atoms with E-state index in [2.05, 4.69) is 10.6 Å². The fourth-order valence-corrected chi connectivity index (χ4v) is 2.15. The molecule has 2 atom stereocenters. The molecule has 2 amide bonds. The lowest BCUT2D eigenvalue weighted by molar-refractivity contribution is -0.155. The van der Waals surface area contributed by atoms with Crippen LogP contribution in [0.1, 0.15) is 26.7 Å². The fourth-order valence-electron chi connectivity index (χ4n) is 2.15. The van der Waals surface area contributed by atoms with Gasteiger partial charge in [-0.3, -0.25) is 9.59 Å². The van der Waals surface area contributed by atoms with Gasteiger partial charge in [0.15, 0.2) is 6.10 Å². The normalized spacial score (nSPS) is 18.0. The maximum Gasteiger partial charge on any atom is 0.329 e. The van der Waals surface area contributed by atoms with E-state index in [9.17, 15) is 14.4 Å². The lowest BCUT2D eigenvalue weighted by Gasteiger charge is -2.16. The van der Waals surface area contributed by atoms with Gasteiger partial charge in [0, 0.05) is 12.1 Å². The lowest BCUT2D eigenvalue weighted by atomic mass is 10.2. The van der Waals surface area contributed by atoms with E-state index in [-0.39, 0.29) is 5.91 Å². The van der Waals surface area contributed by atoms with Gasteiger partial charge in [0.05, 0.1) is 6.61 Å². The molecule has 1 aliphatic heterocycles. The van der Waals surface area contributed by atoms with Gasteiger partial charge in [0.1, 0.15) is 11.8 Å². The van der Waals surface area contributed by atoms with Gasteiger partial charge in [-0.1, -0.05) is 0 Å². The van der Waals surface area contributed by atoms with E-state index in [0.29, 0.717) is 30.9 Å². The summed E-state index contributed by atoms with van der Waals surface area (Å²) >= 11 is 0. The van der Waals surface area contributed by atoms with Crippen molar-refractivity contribution in [2.75, 3.05) is 11.9 Å². The van der Waals surface area contributed by atoms with E-state index in [1.807, 2.05) is 6.92 Å². The minimum absolute atomic E-state index is 0.182. The molecule has 0 bridgehead atoms. The molecule has 2 N–H and O–H groups in total. The van der Waals surface area contributed by atoms with Crippen molar-refractivity contribution in [2.24, 2.45) is 0 Å². The van der Waals surface area contributed by atoms with Gasteiger partial charge < -0.3 is 20.1 Å². The van der Waals surface area contributed by atoms with Crippen LogP contribution in [0.3, 0.4) is 0 Å². The molecule has 0 aromatic heterocycles. The van der Waals surface area contributed by atoms with Crippen LogP contribution in [-0.4, -0.2) is 36.5 Å². The highest BCUT2D eigenvalue weighted by Gasteiger charge is 2.30. The Morgan fingerprint density at radius 1 is 1.35 bits per heavy atom. The molecular weight excluding hydrogens is 300 g/mol. The molecule has 1 fully saturated rings. The molecule has 1 aliphatic rings. The van der Waals surface area contributed by atoms with Crippen molar-refractivity contribution in [3.63, 3.8) is 0 Å². The molecule has 0 aliphatic carbocycles. The van der Waals surface area contributed by atoms with E-state index in [4.69, 9.17) is 9.47 Å². The Bertz CT molecular complexity index is 585. The molecule has 0 unspecified atom stereocenters. The molecule has 23 heavy (non-hydrogen) atoms. The van der Waals surface area contributed by atoms with Crippen LogP contribution in [0.5, 0.6) is 5.75 Å². The SMILES string of the molecule is CCOc1ccc(NC(=O)[C@H](C)OC(=O)[C@@H]2CCC(=O)N2)cc1. The summed E-state index contributed by atoms with van der Waals surface area (Å²) < 4.78 is 10.4. The number of amides is 2. The monoisotopic (exact) mass is 320 g/mol. The smallest absolute Gasteiger partial charge is 0.329 e. The van der Waals surface area contributed by atoms with Crippen LogP contribution in [0.2, 0.25) is 0 Å². The van der Waals surface area contributed by atoms with E-state index >= 15 is 0 Å². The quantitative estimate of drug-likeness (QED) is 0.769. The first-order valence-corrected chi connectivity index (χ1v) is 7.53. The number of nitrogens with one attached hydrogen (secondary N) is 2. The van der Waals surface area contributed by atoms with Crippen molar-refractivity contribution in [2.45, 2.75) is 38.8 Å². The van der Waals surface area contributed by atoms with Crippen LogP contribution in [0.15, 0.2) is 24.3 Å². The molecule has 1 aromatic rings. The predicted octanol–water partition coefficient (Wildman–Crippen LogP) is 1.23. The number of hydrogen-bond acceptors (Lipinski definition) is 5. The van der Waals surface area contributed by atoms with Crippen molar-refractivity contribution in [3.05, 3.63) is 24.3 Å². The van der Waals surface area contributed by atoms with Crippen LogP contribution in [0.4, 0.5) is 5.69 Å². The summed E-state index contributed by atoms with van der Waals surface area (Å²) in [5.74, 6) is -0.502. The van der Waals surface area contributed by atoms with Gasteiger partial charge >= 0.3 is 5.97 Å². The molecule has 1 saturated heterocycles. The zero-order chi connectivity index (χ0) is 16.8. The van der Waals surface area contributed by atoms with Crippen molar-refractivity contribution in [1.29, 1.82) is 0 Å². The number of carbonyl (C=O) groups is 3. The van der Waals surface area contributed by atoms with Gasteiger partial charge in [-0.2, -0.15) is 0 Å². The summed E-state index contributed by atoms with van der Waals surface area (Å²) in [5, 5.41) is 5.16. The number of anilines is 1. The third-order valence-corrected chi connectivity index (χ3v) is 3.37. The molecule has 7 heteroatoms. The van der Waals surface area contributed by atoms with Crippen LogP contribution >= 0.6 is 0 Å². The van der Waals surface area contributed by atoms with Gasteiger partial charge in [-0.25, -0.2) is 4.79 Å². The average molecular weight is 320 g/mol. The van der Waals surface area contributed by atoms with Gasteiger partial charge in [-0.15, -0.1) is 0 Å². The van der Waals surface area contributed by atoms with E-state index in [0.717, 1.165) is 0 Å². The first kappa shape index (κ1) is 16.8. The number of hydrogen-bond donors (Lipinski definition) is 2. The zero-order valence-corrected chi connectivity index (χ0v) is 13.1. The highest BCUT2D eigenvalue weighted by Crippen LogP contribution is 2.16. The molecule has 1 heterocycles. The second-order valence-corrected chi connectivity index (χ2v) is 5.18. The van der Waals surface area contributed by atoms with Crippen molar-refractivity contribution in [1.82, 2.24) is 5.32 Å². The summed E-state index contributed by atoms with van der Waals surface area (Å²) in [6.07, 6.45) is -0.260. The molecule has 0 saturated carbocycles. The van der Waals surface area contributed by atoms with E-state index in [1.54, 1.807) is 24.3 Å². The van der Waals surface area contributed by atoms with E-state index in [1.165, 1.54) is 6.92 Å². The highest BCUT2D eigenvalue weighted by molar-refractivity contribution is 5.96. The largest absolute Gasteiger partial charge is 0.494 e. The Morgan fingerprint density at radius 2 is 2.04 bits per heavy atom. The Balaban J connectivity index is 1.84. The number of ether oxygens (including phenoxy) is 2. The van der Waals surface area contributed by atoms with Crippen LogP contribution < -0.4 is 15.4 Å². The summed E-state index contributed by atoms with van der Waals surface area (Å²) in [5.41, 5.74) is 0.579. The Hall–Kier alpha value is -2.57. The maximum atomic E-state index is 12.0. The first-order valence-electron chi connectivity index (χ1n) is 7.53. The topological polar surface area (TPSA) is 93.7 Å². The van der Waals surface area contributed by atoms with Gasteiger partial charge in [0.25, 0.3) is 5.91 Å². The van der Waals surface area contributed by atoms with Crippen LogP contribution in [0.25, 0.3) is 0 Å². The summed E-state index contributed by atoms with van der Waals surface area (Å²) in [4.78, 5) is 35.0.